The van der Waals surface area contributed by atoms with E-state index >= 15 is 0 Å². The molecule has 1 amide bonds. The van der Waals surface area contributed by atoms with Gasteiger partial charge in [-0.15, -0.1) is 0 Å². The number of piperidine rings is 1. The predicted molar refractivity (Wildman–Crippen MR) is 156 cm³/mol. The standard InChI is InChI=1S/C33H42N4O2/c1-23-6-7-27(16-28(23)17-31(38)30-20-36(21-30)22-33(2,3)4)32(39)37-14-12-26(13-15-37)24-8-10-25(11-9-24)29-18-34-35(5)19-29/h6-11,16,18-19,26,30H,12-15,17,20-22H2,1-5H3. The van der Waals surface area contributed by atoms with Gasteiger partial charge in [0.25, 0.3) is 5.91 Å². The number of ketones is 1. The average Bonchev–Trinajstić information content (AvgIpc) is 3.32. The minimum absolute atomic E-state index is 0.0778. The summed E-state index contributed by atoms with van der Waals surface area (Å²) < 4.78 is 1.82. The molecule has 0 spiro atoms. The van der Waals surface area contributed by atoms with E-state index in [1.165, 1.54) is 11.1 Å². The molecule has 0 N–H and O–H groups in total. The molecule has 0 bridgehead atoms. The van der Waals surface area contributed by atoms with Crippen molar-refractivity contribution in [1.29, 1.82) is 0 Å². The summed E-state index contributed by atoms with van der Waals surface area (Å²) in [5, 5.41) is 4.27. The smallest absolute Gasteiger partial charge is 0.253 e. The summed E-state index contributed by atoms with van der Waals surface area (Å²) in [5.74, 6) is 0.948. The second kappa shape index (κ2) is 11.1. The summed E-state index contributed by atoms with van der Waals surface area (Å²) in [6.45, 7) is 13.0. The van der Waals surface area contributed by atoms with Crippen molar-refractivity contribution in [2.75, 3.05) is 32.7 Å². The SMILES string of the molecule is Cc1ccc(C(=O)N2CCC(c3ccc(-c4cnn(C)c4)cc3)CC2)cc1CC(=O)C1CN(CC(C)(C)C)C1. The van der Waals surface area contributed by atoms with Crippen molar-refractivity contribution in [3.05, 3.63) is 77.1 Å². The van der Waals surface area contributed by atoms with Crippen LogP contribution in [0.15, 0.2) is 54.9 Å². The lowest BCUT2D eigenvalue weighted by Crippen LogP contribution is -2.53. The quantitative estimate of drug-likeness (QED) is 0.408. The van der Waals surface area contributed by atoms with Gasteiger partial charge < -0.3 is 9.80 Å². The topological polar surface area (TPSA) is 58.4 Å². The number of hydrogen-bond acceptors (Lipinski definition) is 4. The van der Waals surface area contributed by atoms with Crippen LogP contribution in [0, 0.1) is 18.3 Å². The largest absolute Gasteiger partial charge is 0.339 e. The van der Waals surface area contributed by atoms with Crippen LogP contribution in [0.4, 0.5) is 0 Å². The molecule has 3 aromatic rings. The normalized spacial score (nSPS) is 17.3. The lowest BCUT2D eigenvalue weighted by molar-refractivity contribution is -0.127. The Morgan fingerprint density at radius 1 is 0.974 bits per heavy atom. The fraction of sp³-hybridized carbons (Fsp3) is 0.485. The third-order valence-corrected chi connectivity index (χ3v) is 8.27. The Morgan fingerprint density at radius 3 is 2.28 bits per heavy atom. The van der Waals surface area contributed by atoms with Crippen molar-refractivity contribution in [2.24, 2.45) is 18.4 Å². The second-order valence-corrected chi connectivity index (χ2v) is 12.8. The molecule has 0 saturated carbocycles. The van der Waals surface area contributed by atoms with E-state index in [0.717, 1.165) is 62.3 Å². The van der Waals surface area contributed by atoms with Crippen LogP contribution in [-0.4, -0.2) is 64.0 Å². The maximum atomic E-state index is 13.4. The number of carbonyl (C=O) groups excluding carboxylic acids is 2. The molecule has 2 aliphatic heterocycles. The van der Waals surface area contributed by atoms with Crippen LogP contribution >= 0.6 is 0 Å². The van der Waals surface area contributed by atoms with Crippen molar-refractivity contribution in [3.8, 4) is 11.1 Å². The Balaban J connectivity index is 1.15. The second-order valence-electron chi connectivity index (χ2n) is 12.8. The van der Waals surface area contributed by atoms with Crippen molar-refractivity contribution < 1.29 is 9.59 Å². The fourth-order valence-electron chi connectivity index (χ4n) is 6.02. The van der Waals surface area contributed by atoms with Crippen LogP contribution in [0.5, 0.6) is 0 Å². The lowest BCUT2D eigenvalue weighted by atomic mass is 9.86. The molecule has 2 fully saturated rings. The first-order valence-electron chi connectivity index (χ1n) is 14.3. The maximum Gasteiger partial charge on any atom is 0.253 e. The van der Waals surface area contributed by atoms with Gasteiger partial charge in [-0.25, -0.2) is 0 Å². The van der Waals surface area contributed by atoms with Gasteiger partial charge in [0.05, 0.1) is 6.20 Å². The summed E-state index contributed by atoms with van der Waals surface area (Å²) >= 11 is 0. The minimum atomic E-state index is 0.0778. The highest BCUT2D eigenvalue weighted by atomic mass is 16.2. The Labute approximate surface area is 233 Å². The van der Waals surface area contributed by atoms with E-state index in [2.05, 4.69) is 55.0 Å². The zero-order chi connectivity index (χ0) is 27.7. The van der Waals surface area contributed by atoms with E-state index in [1.807, 2.05) is 54.1 Å². The van der Waals surface area contributed by atoms with Crippen LogP contribution in [0.1, 0.15) is 66.6 Å². The van der Waals surface area contributed by atoms with Crippen LogP contribution in [0.25, 0.3) is 11.1 Å². The zero-order valence-electron chi connectivity index (χ0n) is 24.1. The van der Waals surface area contributed by atoms with Crippen LogP contribution in [0.3, 0.4) is 0 Å². The molecular weight excluding hydrogens is 484 g/mol. The molecule has 1 aromatic heterocycles. The Morgan fingerprint density at radius 2 is 1.67 bits per heavy atom. The van der Waals surface area contributed by atoms with Crippen LogP contribution in [0.2, 0.25) is 0 Å². The molecule has 0 atom stereocenters. The van der Waals surface area contributed by atoms with Gasteiger partial charge in [0.1, 0.15) is 5.78 Å². The number of likely N-dealkylation sites (tertiary alicyclic amines) is 2. The molecule has 3 heterocycles. The average molecular weight is 527 g/mol. The predicted octanol–water partition coefficient (Wildman–Crippen LogP) is 5.50. The molecular formula is C33H42N4O2. The van der Waals surface area contributed by atoms with Crippen molar-refractivity contribution in [3.63, 3.8) is 0 Å². The molecule has 2 saturated heterocycles. The molecule has 2 aromatic carbocycles. The third kappa shape index (κ3) is 6.50. The summed E-state index contributed by atoms with van der Waals surface area (Å²) in [4.78, 5) is 30.7. The number of aromatic nitrogens is 2. The number of aryl methyl sites for hydroxylation is 2. The van der Waals surface area contributed by atoms with Gasteiger partial charge in [-0.2, -0.15) is 5.10 Å². The third-order valence-electron chi connectivity index (χ3n) is 8.27. The number of hydrogen-bond donors (Lipinski definition) is 0. The Kier molecular flexibility index (Phi) is 7.77. The van der Waals surface area contributed by atoms with Gasteiger partial charge in [0, 0.05) is 69.4 Å². The van der Waals surface area contributed by atoms with Crippen molar-refractivity contribution in [2.45, 2.75) is 52.9 Å². The molecule has 6 nitrogen and oxygen atoms in total. The van der Waals surface area contributed by atoms with Gasteiger partial charge in [-0.1, -0.05) is 51.1 Å². The van der Waals surface area contributed by atoms with Crippen molar-refractivity contribution in [1.82, 2.24) is 19.6 Å². The minimum Gasteiger partial charge on any atom is -0.339 e. The molecule has 206 valence electrons. The number of carbonyl (C=O) groups is 2. The summed E-state index contributed by atoms with van der Waals surface area (Å²) in [6.07, 6.45) is 6.25. The highest BCUT2D eigenvalue weighted by Gasteiger charge is 2.34. The Hall–Kier alpha value is -3.25. The molecule has 0 unspecified atom stereocenters. The van der Waals surface area contributed by atoms with E-state index in [-0.39, 0.29) is 17.2 Å². The first-order valence-corrected chi connectivity index (χ1v) is 14.3. The van der Waals surface area contributed by atoms with E-state index in [4.69, 9.17) is 0 Å². The van der Waals surface area contributed by atoms with Gasteiger partial charge in [-0.05, 0) is 65.5 Å². The monoisotopic (exact) mass is 526 g/mol. The van der Waals surface area contributed by atoms with Gasteiger partial charge in [0.15, 0.2) is 0 Å². The number of rotatable bonds is 7. The van der Waals surface area contributed by atoms with E-state index in [1.54, 1.807) is 0 Å². The van der Waals surface area contributed by atoms with Crippen LogP contribution in [-0.2, 0) is 18.3 Å². The van der Waals surface area contributed by atoms with E-state index in [0.29, 0.717) is 23.7 Å². The number of Topliss-reactive ketones (excluding diaryl/α,β-unsaturated/α-hetero) is 1. The Bertz CT molecular complexity index is 1320. The molecule has 5 rings (SSSR count). The van der Waals surface area contributed by atoms with Gasteiger partial charge in [-0.3, -0.25) is 14.3 Å². The first kappa shape index (κ1) is 27.3. The number of amides is 1. The lowest BCUT2D eigenvalue weighted by Gasteiger charge is -2.41. The summed E-state index contributed by atoms with van der Waals surface area (Å²) in [6, 6.07) is 14.7. The van der Waals surface area contributed by atoms with Gasteiger partial charge >= 0.3 is 0 Å². The highest BCUT2D eigenvalue weighted by molar-refractivity contribution is 5.95. The van der Waals surface area contributed by atoms with Crippen molar-refractivity contribution >= 4 is 11.7 Å². The van der Waals surface area contributed by atoms with E-state index < -0.39 is 0 Å². The zero-order valence-corrected chi connectivity index (χ0v) is 24.1. The summed E-state index contributed by atoms with van der Waals surface area (Å²) in [7, 11) is 1.93. The maximum absolute atomic E-state index is 13.4. The van der Waals surface area contributed by atoms with E-state index in [9.17, 15) is 9.59 Å². The molecule has 6 heteroatoms. The fourth-order valence-corrected chi connectivity index (χ4v) is 6.02. The first-order chi connectivity index (χ1) is 18.6. The van der Waals surface area contributed by atoms with Gasteiger partial charge in [0.2, 0.25) is 0 Å². The number of nitrogens with zero attached hydrogens (tertiary/aromatic N) is 4. The molecule has 0 aliphatic carbocycles. The van der Waals surface area contributed by atoms with Crippen LogP contribution < -0.4 is 0 Å². The number of benzene rings is 2. The summed E-state index contributed by atoms with van der Waals surface area (Å²) in [5.41, 5.74) is 6.65. The molecule has 2 aliphatic rings. The highest BCUT2D eigenvalue weighted by Crippen LogP contribution is 2.31. The molecule has 0 radical (unpaired) electrons. The molecule has 39 heavy (non-hydrogen) atoms.